The molecule has 0 saturated carbocycles. The number of H-pyrrole nitrogens is 1. The molecule has 0 bridgehead atoms. The molecule has 0 amide bonds. The van der Waals surface area contributed by atoms with E-state index in [4.69, 9.17) is 16.6 Å². The fourth-order valence-electron chi connectivity index (χ4n) is 1.65. The highest BCUT2D eigenvalue weighted by atomic mass is 32.1. The van der Waals surface area contributed by atoms with Crippen LogP contribution in [0.5, 0.6) is 0 Å². The van der Waals surface area contributed by atoms with Crippen molar-refractivity contribution in [1.29, 1.82) is 0 Å². The van der Waals surface area contributed by atoms with Crippen molar-refractivity contribution in [3.8, 4) is 10.8 Å². The molecule has 2 rings (SSSR count). The Morgan fingerprint density at radius 1 is 1.44 bits per heavy atom. The van der Waals surface area contributed by atoms with Gasteiger partial charge in [-0.3, -0.25) is 0 Å². The Morgan fingerprint density at radius 3 is 2.83 bits per heavy atom. The SMILES string of the molecule is CCN(CC)CCc1ncc(-c2n[nH]c(=S)o2)s1. The van der Waals surface area contributed by atoms with E-state index < -0.39 is 0 Å². The van der Waals surface area contributed by atoms with Gasteiger partial charge in [-0.05, 0) is 25.3 Å². The number of aromatic nitrogens is 3. The third-order valence-corrected chi connectivity index (χ3v) is 3.96. The molecular formula is C11H16N4OS2. The van der Waals surface area contributed by atoms with Crippen molar-refractivity contribution >= 4 is 23.6 Å². The van der Waals surface area contributed by atoms with Crippen LogP contribution in [0.25, 0.3) is 10.8 Å². The van der Waals surface area contributed by atoms with Gasteiger partial charge in [0, 0.05) is 13.0 Å². The smallest absolute Gasteiger partial charge is 0.284 e. The van der Waals surface area contributed by atoms with E-state index in [9.17, 15) is 0 Å². The topological polar surface area (TPSA) is 58.0 Å². The maximum atomic E-state index is 5.26. The van der Waals surface area contributed by atoms with Gasteiger partial charge in [-0.2, -0.15) is 0 Å². The Bertz CT molecular complexity index is 541. The minimum atomic E-state index is 0.295. The van der Waals surface area contributed by atoms with Crippen LogP contribution in [-0.4, -0.2) is 39.7 Å². The summed E-state index contributed by atoms with van der Waals surface area (Å²) in [6.07, 6.45) is 2.74. The van der Waals surface area contributed by atoms with Crippen molar-refractivity contribution in [1.82, 2.24) is 20.1 Å². The van der Waals surface area contributed by atoms with E-state index >= 15 is 0 Å². The van der Waals surface area contributed by atoms with Gasteiger partial charge in [0.15, 0.2) is 0 Å². The van der Waals surface area contributed by atoms with Crippen molar-refractivity contribution in [3.63, 3.8) is 0 Å². The van der Waals surface area contributed by atoms with Crippen LogP contribution in [0.4, 0.5) is 0 Å². The van der Waals surface area contributed by atoms with Gasteiger partial charge in [-0.25, -0.2) is 10.1 Å². The summed E-state index contributed by atoms with van der Waals surface area (Å²) in [7, 11) is 0. The summed E-state index contributed by atoms with van der Waals surface area (Å²) < 4.78 is 5.26. The summed E-state index contributed by atoms with van der Waals surface area (Å²) in [5.74, 6) is 0.520. The predicted molar refractivity (Wildman–Crippen MR) is 74.3 cm³/mol. The second-order valence-corrected chi connectivity index (χ2v) is 5.30. The fourth-order valence-corrected chi connectivity index (χ4v) is 2.61. The Morgan fingerprint density at radius 2 is 2.22 bits per heavy atom. The van der Waals surface area contributed by atoms with Crippen LogP contribution >= 0.6 is 23.6 Å². The first-order valence-corrected chi connectivity index (χ1v) is 7.18. The molecule has 1 N–H and O–H groups in total. The fraction of sp³-hybridized carbons (Fsp3) is 0.545. The monoisotopic (exact) mass is 284 g/mol. The molecule has 0 spiro atoms. The van der Waals surface area contributed by atoms with Gasteiger partial charge in [0.05, 0.1) is 11.2 Å². The summed E-state index contributed by atoms with van der Waals surface area (Å²) in [4.78, 5) is 7.97. The minimum absolute atomic E-state index is 0.295. The number of likely N-dealkylation sites (N-methyl/N-ethyl adjacent to an activating group) is 1. The standard InChI is InChI=1S/C11H16N4OS2/c1-3-15(4-2)6-5-9-12-7-8(18-9)10-13-14-11(17)16-10/h7H,3-6H2,1-2H3,(H,14,17). The zero-order valence-corrected chi connectivity index (χ0v) is 12.1. The molecule has 0 unspecified atom stereocenters. The normalized spacial score (nSPS) is 11.3. The number of hydrogen-bond donors (Lipinski definition) is 1. The number of hydrogen-bond acceptors (Lipinski definition) is 6. The highest BCUT2D eigenvalue weighted by molar-refractivity contribution is 7.71. The molecule has 7 heteroatoms. The van der Waals surface area contributed by atoms with Crippen LogP contribution in [0.2, 0.25) is 0 Å². The average molecular weight is 284 g/mol. The highest BCUT2D eigenvalue weighted by Crippen LogP contribution is 2.24. The lowest BCUT2D eigenvalue weighted by Crippen LogP contribution is -2.25. The molecule has 0 aliphatic heterocycles. The Hall–Kier alpha value is -1.05. The first kappa shape index (κ1) is 13.4. The molecule has 18 heavy (non-hydrogen) atoms. The van der Waals surface area contributed by atoms with Gasteiger partial charge in [0.25, 0.3) is 10.7 Å². The summed E-state index contributed by atoms with van der Waals surface area (Å²) in [6, 6.07) is 0. The van der Waals surface area contributed by atoms with E-state index in [0.717, 1.165) is 35.9 Å². The molecule has 5 nitrogen and oxygen atoms in total. The van der Waals surface area contributed by atoms with Gasteiger partial charge < -0.3 is 9.32 Å². The second-order valence-electron chi connectivity index (χ2n) is 3.81. The molecule has 0 radical (unpaired) electrons. The molecule has 98 valence electrons. The van der Waals surface area contributed by atoms with E-state index in [1.54, 1.807) is 17.5 Å². The van der Waals surface area contributed by atoms with Gasteiger partial charge in [-0.1, -0.05) is 13.8 Å². The molecule has 0 saturated heterocycles. The average Bonchev–Trinajstić information content (AvgIpc) is 2.99. The number of thiazole rings is 1. The van der Waals surface area contributed by atoms with Gasteiger partial charge >= 0.3 is 0 Å². The van der Waals surface area contributed by atoms with E-state index in [2.05, 4.69) is 33.9 Å². The first-order chi connectivity index (χ1) is 8.72. The summed E-state index contributed by atoms with van der Waals surface area (Å²) in [6.45, 7) is 7.52. The molecule has 2 aromatic rings. The molecule has 0 aliphatic rings. The molecule has 0 aliphatic carbocycles. The maximum absolute atomic E-state index is 5.26. The summed E-state index contributed by atoms with van der Waals surface area (Å²) in [5.41, 5.74) is 0. The zero-order chi connectivity index (χ0) is 13.0. The van der Waals surface area contributed by atoms with Crippen molar-refractivity contribution in [2.45, 2.75) is 20.3 Å². The van der Waals surface area contributed by atoms with Crippen LogP contribution in [0.15, 0.2) is 10.6 Å². The highest BCUT2D eigenvalue weighted by Gasteiger charge is 2.10. The predicted octanol–water partition coefficient (Wildman–Crippen LogP) is 2.74. The van der Waals surface area contributed by atoms with Gasteiger partial charge in [0.1, 0.15) is 4.88 Å². The largest absolute Gasteiger partial charge is 0.408 e. The molecule has 2 aromatic heterocycles. The number of rotatable bonds is 6. The summed E-state index contributed by atoms with van der Waals surface area (Å²) in [5, 5.41) is 7.70. The lowest BCUT2D eigenvalue weighted by atomic mass is 10.4. The quantitative estimate of drug-likeness (QED) is 0.827. The van der Waals surface area contributed by atoms with Gasteiger partial charge in [-0.15, -0.1) is 16.4 Å². The number of aromatic amines is 1. The van der Waals surface area contributed by atoms with E-state index in [-0.39, 0.29) is 0 Å². The van der Waals surface area contributed by atoms with Crippen molar-refractivity contribution in [2.75, 3.05) is 19.6 Å². The maximum Gasteiger partial charge on any atom is 0.284 e. The van der Waals surface area contributed by atoms with Crippen LogP contribution in [0, 0.1) is 4.84 Å². The van der Waals surface area contributed by atoms with Crippen molar-refractivity contribution in [2.24, 2.45) is 0 Å². The van der Waals surface area contributed by atoms with Crippen LogP contribution < -0.4 is 0 Å². The van der Waals surface area contributed by atoms with Gasteiger partial charge in [0.2, 0.25) is 0 Å². The Labute approximate surface area is 115 Å². The van der Waals surface area contributed by atoms with Crippen LogP contribution in [-0.2, 0) is 6.42 Å². The van der Waals surface area contributed by atoms with E-state index in [0.29, 0.717) is 10.7 Å². The number of nitrogens with zero attached hydrogens (tertiary/aromatic N) is 3. The molecule has 2 heterocycles. The molecule has 0 fully saturated rings. The minimum Gasteiger partial charge on any atom is -0.408 e. The zero-order valence-electron chi connectivity index (χ0n) is 10.5. The van der Waals surface area contributed by atoms with Crippen molar-refractivity contribution in [3.05, 3.63) is 16.0 Å². The molecular weight excluding hydrogens is 268 g/mol. The molecule has 0 aromatic carbocycles. The second kappa shape index (κ2) is 6.21. The van der Waals surface area contributed by atoms with Crippen LogP contribution in [0.3, 0.4) is 0 Å². The molecule has 0 atom stereocenters. The Balaban J connectivity index is 2.00. The number of nitrogens with one attached hydrogen (secondary N) is 1. The third-order valence-electron chi connectivity index (χ3n) is 2.74. The Kier molecular flexibility index (Phi) is 4.62. The summed E-state index contributed by atoms with van der Waals surface area (Å²) >= 11 is 6.45. The third kappa shape index (κ3) is 3.24. The lowest BCUT2D eigenvalue weighted by molar-refractivity contribution is 0.308. The van der Waals surface area contributed by atoms with E-state index in [1.807, 2.05) is 0 Å². The lowest BCUT2D eigenvalue weighted by Gasteiger charge is -2.16. The van der Waals surface area contributed by atoms with E-state index in [1.165, 1.54) is 0 Å². The van der Waals surface area contributed by atoms with Crippen molar-refractivity contribution < 1.29 is 4.42 Å². The van der Waals surface area contributed by atoms with Crippen LogP contribution in [0.1, 0.15) is 18.9 Å². The first-order valence-electron chi connectivity index (χ1n) is 5.95.